The molecule has 0 aliphatic heterocycles. The number of ether oxygens (including phenoxy) is 1. The first-order valence-electron chi connectivity index (χ1n) is 8.41. The molecule has 1 aromatic heterocycles. The molecule has 0 radical (unpaired) electrons. The van der Waals surface area contributed by atoms with Crippen molar-refractivity contribution in [3.63, 3.8) is 0 Å². The number of hydrogen-bond donors (Lipinski definition) is 2. The minimum absolute atomic E-state index is 0.00880. The van der Waals surface area contributed by atoms with Gasteiger partial charge in [-0.05, 0) is 59.0 Å². The zero-order valence-electron chi connectivity index (χ0n) is 14.8. The summed E-state index contributed by atoms with van der Waals surface area (Å²) in [6, 6.07) is 12.6. The molecule has 3 aromatic rings. The Labute approximate surface area is 156 Å². The quantitative estimate of drug-likeness (QED) is 0.490. The van der Waals surface area contributed by atoms with Crippen LogP contribution in [0.5, 0.6) is 11.5 Å². The van der Waals surface area contributed by atoms with E-state index in [1.54, 1.807) is 24.3 Å². The number of aromatic hydroxyl groups is 1. The van der Waals surface area contributed by atoms with Crippen LogP contribution in [-0.4, -0.2) is 28.8 Å². The maximum Gasteiger partial charge on any atom is 0.163 e. The fourth-order valence-electron chi connectivity index (χ4n) is 2.65. The van der Waals surface area contributed by atoms with Gasteiger partial charge in [-0.25, -0.2) is 0 Å². The topological polar surface area (TPSA) is 79.4 Å². The fourth-order valence-corrected chi connectivity index (χ4v) is 2.65. The Morgan fingerprint density at radius 3 is 2.33 bits per heavy atom. The molecule has 5 nitrogen and oxygen atoms in total. The zero-order valence-corrected chi connectivity index (χ0v) is 14.8. The molecule has 0 amide bonds. The van der Waals surface area contributed by atoms with Crippen LogP contribution in [0.1, 0.15) is 17.5 Å². The summed E-state index contributed by atoms with van der Waals surface area (Å²) in [4.78, 5) is 27.0. The number of allylic oxidation sites excluding steroid dienone is 2. The average molecular weight is 361 g/mol. The van der Waals surface area contributed by atoms with E-state index >= 15 is 0 Å². The summed E-state index contributed by atoms with van der Waals surface area (Å²) in [5.41, 5.74) is 2.57. The Hall–Kier alpha value is -3.60. The predicted octanol–water partition coefficient (Wildman–Crippen LogP) is 4.14. The van der Waals surface area contributed by atoms with Crippen LogP contribution in [0.4, 0.5) is 0 Å². The first-order chi connectivity index (χ1) is 13.0. The minimum Gasteiger partial charge on any atom is -0.504 e. The van der Waals surface area contributed by atoms with E-state index in [4.69, 9.17) is 4.74 Å². The molecule has 5 heteroatoms. The van der Waals surface area contributed by atoms with E-state index in [0.29, 0.717) is 11.3 Å². The number of nitrogens with one attached hydrogen (secondary N) is 1. The normalized spacial score (nSPS) is 11.4. The van der Waals surface area contributed by atoms with Gasteiger partial charge in [-0.2, -0.15) is 0 Å². The van der Waals surface area contributed by atoms with Crippen molar-refractivity contribution in [1.29, 1.82) is 0 Å². The smallest absolute Gasteiger partial charge is 0.163 e. The van der Waals surface area contributed by atoms with Crippen LogP contribution >= 0.6 is 0 Å². The van der Waals surface area contributed by atoms with Crippen LogP contribution in [0.25, 0.3) is 23.1 Å². The van der Waals surface area contributed by atoms with E-state index < -0.39 is 0 Å². The Balaban J connectivity index is 1.58. The van der Waals surface area contributed by atoms with E-state index in [0.717, 1.165) is 16.5 Å². The van der Waals surface area contributed by atoms with E-state index in [-0.39, 0.29) is 23.7 Å². The lowest BCUT2D eigenvalue weighted by Gasteiger charge is -2.03. The molecule has 0 saturated carbocycles. The van der Waals surface area contributed by atoms with Gasteiger partial charge in [-0.3, -0.25) is 9.59 Å². The maximum absolute atomic E-state index is 12.0. The molecule has 0 spiro atoms. The number of phenolic OH excluding ortho intramolecular Hbond substituents is 1. The number of aromatic nitrogens is 1. The first-order valence-corrected chi connectivity index (χ1v) is 8.41. The highest BCUT2D eigenvalue weighted by atomic mass is 16.5. The monoisotopic (exact) mass is 361 g/mol. The number of H-pyrrole nitrogens is 1. The van der Waals surface area contributed by atoms with Gasteiger partial charge in [-0.1, -0.05) is 24.3 Å². The largest absolute Gasteiger partial charge is 0.504 e. The van der Waals surface area contributed by atoms with E-state index in [9.17, 15) is 14.7 Å². The maximum atomic E-state index is 12.0. The summed E-state index contributed by atoms with van der Waals surface area (Å²) in [7, 11) is 1.46. The lowest BCUT2D eigenvalue weighted by Crippen LogP contribution is -2.01. The summed E-state index contributed by atoms with van der Waals surface area (Å²) in [6.07, 6.45) is 7.65. The van der Waals surface area contributed by atoms with Crippen molar-refractivity contribution in [1.82, 2.24) is 4.98 Å². The first kappa shape index (κ1) is 18.2. The number of carbonyl (C=O) groups is 2. The van der Waals surface area contributed by atoms with Gasteiger partial charge in [0.15, 0.2) is 23.1 Å². The second kappa shape index (κ2) is 8.19. The highest BCUT2D eigenvalue weighted by molar-refractivity contribution is 6.11. The summed E-state index contributed by atoms with van der Waals surface area (Å²) >= 11 is 0. The van der Waals surface area contributed by atoms with Crippen molar-refractivity contribution in [2.45, 2.75) is 6.42 Å². The molecular weight excluding hydrogens is 342 g/mol. The standard InChI is InChI=1S/C22H19NO4/c1-27-22-9-5-16(13-21(22)26)3-7-19(25)14-18(24)6-2-15-4-8-20-17(12-15)10-11-23-20/h2-13,23,26H,14H2,1H3. The average Bonchev–Trinajstić information content (AvgIpc) is 3.12. The number of benzene rings is 2. The van der Waals surface area contributed by atoms with Crippen molar-refractivity contribution >= 4 is 34.6 Å². The second-order valence-corrected chi connectivity index (χ2v) is 6.03. The molecule has 0 fully saturated rings. The third-order valence-electron chi connectivity index (χ3n) is 4.05. The van der Waals surface area contributed by atoms with Crippen molar-refractivity contribution in [2.24, 2.45) is 0 Å². The van der Waals surface area contributed by atoms with Crippen LogP contribution in [0.3, 0.4) is 0 Å². The number of ketones is 2. The van der Waals surface area contributed by atoms with E-state index in [1.165, 1.54) is 25.3 Å². The molecule has 0 unspecified atom stereocenters. The molecule has 0 saturated heterocycles. The Morgan fingerprint density at radius 2 is 1.67 bits per heavy atom. The van der Waals surface area contributed by atoms with Crippen LogP contribution < -0.4 is 4.74 Å². The number of phenols is 1. The highest BCUT2D eigenvalue weighted by Gasteiger charge is 2.05. The molecule has 0 atom stereocenters. The number of methoxy groups -OCH3 is 1. The van der Waals surface area contributed by atoms with Gasteiger partial charge in [0.05, 0.1) is 13.5 Å². The van der Waals surface area contributed by atoms with Gasteiger partial charge in [0.2, 0.25) is 0 Å². The third kappa shape index (κ3) is 4.73. The lowest BCUT2D eigenvalue weighted by atomic mass is 10.1. The Morgan fingerprint density at radius 1 is 1.00 bits per heavy atom. The van der Waals surface area contributed by atoms with Gasteiger partial charge < -0.3 is 14.8 Å². The van der Waals surface area contributed by atoms with Crippen LogP contribution in [0.2, 0.25) is 0 Å². The van der Waals surface area contributed by atoms with Crippen molar-refractivity contribution in [3.8, 4) is 11.5 Å². The lowest BCUT2D eigenvalue weighted by molar-refractivity contribution is -0.121. The van der Waals surface area contributed by atoms with Crippen LogP contribution in [0.15, 0.2) is 60.8 Å². The number of hydrogen-bond acceptors (Lipinski definition) is 4. The highest BCUT2D eigenvalue weighted by Crippen LogP contribution is 2.26. The summed E-state index contributed by atoms with van der Waals surface area (Å²) < 4.78 is 4.97. The molecule has 2 aromatic carbocycles. The van der Waals surface area contributed by atoms with Gasteiger partial charge in [0.1, 0.15) is 0 Å². The fraction of sp³-hybridized carbons (Fsp3) is 0.0909. The van der Waals surface area contributed by atoms with Gasteiger partial charge >= 0.3 is 0 Å². The molecule has 1 heterocycles. The Kier molecular flexibility index (Phi) is 5.52. The molecule has 0 aliphatic rings. The van der Waals surface area contributed by atoms with Gasteiger partial charge in [-0.15, -0.1) is 0 Å². The van der Waals surface area contributed by atoms with Gasteiger partial charge in [0, 0.05) is 11.7 Å². The third-order valence-corrected chi connectivity index (χ3v) is 4.05. The van der Waals surface area contributed by atoms with Crippen molar-refractivity contribution in [3.05, 3.63) is 71.9 Å². The Bertz CT molecular complexity index is 1040. The van der Waals surface area contributed by atoms with E-state index in [2.05, 4.69) is 4.98 Å². The molecule has 0 aliphatic carbocycles. The van der Waals surface area contributed by atoms with Crippen molar-refractivity contribution < 1.29 is 19.4 Å². The van der Waals surface area contributed by atoms with Gasteiger partial charge in [0.25, 0.3) is 0 Å². The molecule has 27 heavy (non-hydrogen) atoms. The molecule has 0 bridgehead atoms. The number of carbonyl (C=O) groups excluding carboxylic acids is 2. The molecule has 2 N–H and O–H groups in total. The summed E-state index contributed by atoms with van der Waals surface area (Å²) in [5, 5.41) is 10.8. The van der Waals surface area contributed by atoms with Crippen LogP contribution in [-0.2, 0) is 9.59 Å². The number of rotatable bonds is 7. The van der Waals surface area contributed by atoms with E-state index in [1.807, 2.05) is 30.5 Å². The molecule has 3 rings (SSSR count). The molecule has 136 valence electrons. The van der Waals surface area contributed by atoms with Crippen molar-refractivity contribution in [2.75, 3.05) is 7.11 Å². The summed E-state index contributed by atoms with van der Waals surface area (Å²) in [5.74, 6) is -0.223. The number of fused-ring (bicyclic) bond motifs is 1. The summed E-state index contributed by atoms with van der Waals surface area (Å²) in [6.45, 7) is 0. The zero-order chi connectivity index (χ0) is 19.2. The minimum atomic E-state index is -0.305. The predicted molar refractivity (Wildman–Crippen MR) is 106 cm³/mol. The number of aromatic amines is 1. The van der Waals surface area contributed by atoms with Crippen LogP contribution in [0, 0.1) is 0 Å². The molecular formula is C22H19NO4. The second-order valence-electron chi connectivity index (χ2n) is 6.03. The SMILES string of the molecule is COc1ccc(C=CC(=O)CC(=O)C=Cc2ccc3[nH]ccc3c2)cc1O.